The molecule has 3 aliphatic heterocycles. The molecule has 0 spiro atoms. The molecule has 3 saturated heterocycles. The first-order valence-electron chi connectivity index (χ1n) is 14.2. The molecule has 1 saturated carbocycles. The number of nitrogens with zero attached hydrogens (tertiary/aromatic N) is 2. The highest BCUT2D eigenvalue weighted by Crippen LogP contribution is 2.60. The number of carbonyl (C=O) groups excluding carboxylic acids is 2. The summed E-state index contributed by atoms with van der Waals surface area (Å²) < 4.78 is 6.38. The predicted molar refractivity (Wildman–Crippen MR) is 147 cm³/mol. The molecule has 2 aromatic rings. The van der Waals surface area contributed by atoms with Crippen LogP contribution in [-0.4, -0.2) is 56.7 Å². The summed E-state index contributed by atoms with van der Waals surface area (Å²) in [6.45, 7) is 6.60. The summed E-state index contributed by atoms with van der Waals surface area (Å²) in [5.41, 5.74) is 1.94. The van der Waals surface area contributed by atoms with Crippen LogP contribution in [0.1, 0.15) is 56.8 Å². The molecular weight excluding hydrogens is 516 g/mol. The van der Waals surface area contributed by atoms with E-state index in [0.717, 1.165) is 32.5 Å². The van der Waals surface area contributed by atoms with Crippen LogP contribution in [0, 0.1) is 29.6 Å². The highest BCUT2D eigenvalue weighted by atomic mass is 35.5. The van der Waals surface area contributed by atoms with Crippen LogP contribution in [0.15, 0.2) is 48.5 Å². The van der Waals surface area contributed by atoms with Gasteiger partial charge in [-0.05, 0) is 54.9 Å². The van der Waals surface area contributed by atoms with E-state index in [9.17, 15) is 19.8 Å². The number of halogens is 1. The van der Waals surface area contributed by atoms with Gasteiger partial charge in [-0.15, -0.1) is 0 Å². The lowest BCUT2D eigenvalue weighted by atomic mass is 9.62. The molecule has 1 aliphatic carbocycles. The van der Waals surface area contributed by atoms with E-state index >= 15 is 0 Å². The van der Waals surface area contributed by atoms with Crippen LogP contribution >= 0.6 is 11.6 Å². The van der Waals surface area contributed by atoms with Crippen molar-refractivity contribution >= 4 is 23.4 Å². The zero-order valence-electron chi connectivity index (χ0n) is 22.5. The average Bonchev–Trinajstić information content (AvgIpc) is 3.38. The third-order valence-electron chi connectivity index (χ3n) is 9.62. The number of carbonyl (C=O) groups is 2. The van der Waals surface area contributed by atoms with Crippen molar-refractivity contribution in [2.45, 2.75) is 64.0 Å². The first kappa shape index (κ1) is 26.8. The molecule has 4 aliphatic rings. The van der Waals surface area contributed by atoms with Gasteiger partial charge >= 0.3 is 0 Å². The van der Waals surface area contributed by atoms with Crippen LogP contribution in [0.3, 0.4) is 0 Å². The maximum Gasteiger partial charge on any atom is 0.233 e. The molecule has 2 N–H and O–H groups in total. The number of phenolic OH excluding ortho intramolecular Hbond substituents is 1. The summed E-state index contributed by atoms with van der Waals surface area (Å²) in [5, 5.41) is 22.2. The van der Waals surface area contributed by atoms with Crippen molar-refractivity contribution in [2.24, 2.45) is 29.6 Å². The van der Waals surface area contributed by atoms with E-state index in [-0.39, 0.29) is 35.4 Å². The average molecular weight is 553 g/mol. The minimum absolute atomic E-state index is 0.0556. The summed E-state index contributed by atoms with van der Waals surface area (Å²) >= 11 is 6.45. The quantitative estimate of drug-likeness (QED) is 0.520. The third kappa shape index (κ3) is 4.57. The van der Waals surface area contributed by atoms with Gasteiger partial charge in [0.05, 0.1) is 23.0 Å². The fourth-order valence-corrected chi connectivity index (χ4v) is 8.00. The largest absolute Gasteiger partial charge is 0.508 e. The summed E-state index contributed by atoms with van der Waals surface area (Å²) in [6.07, 6.45) is 1.82. The Morgan fingerprint density at radius 3 is 2.44 bits per heavy atom. The number of aliphatic hydroxyl groups is 1. The molecule has 4 fully saturated rings. The number of imide groups is 1. The van der Waals surface area contributed by atoms with Gasteiger partial charge in [0.1, 0.15) is 5.75 Å². The number of hydrogen-bond donors (Lipinski definition) is 2. The highest BCUT2D eigenvalue weighted by Gasteiger charge is 2.67. The van der Waals surface area contributed by atoms with Crippen LogP contribution in [0.2, 0.25) is 5.02 Å². The van der Waals surface area contributed by atoms with Gasteiger partial charge in [0.25, 0.3) is 0 Å². The van der Waals surface area contributed by atoms with Crippen molar-refractivity contribution in [1.82, 2.24) is 9.80 Å². The number of amides is 2. The number of phenols is 1. The van der Waals surface area contributed by atoms with Gasteiger partial charge in [-0.3, -0.25) is 19.4 Å². The van der Waals surface area contributed by atoms with E-state index in [4.69, 9.17) is 16.3 Å². The Morgan fingerprint density at radius 1 is 1.05 bits per heavy atom. The predicted octanol–water partition coefficient (Wildman–Crippen LogP) is 4.75. The molecule has 0 bridgehead atoms. The Bertz CT molecular complexity index is 1250. The SMILES string of the molecule is CC(C)[C@H]1C[C@@H]2C(=O)N(C3CCN(Cc4ccccc4)CC3)C(=O)[C@@H]2[C@@H]2C[C@@H](c3ccc(O)cc3Cl)O[C@]12O. The topological polar surface area (TPSA) is 90.3 Å². The first-order chi connectivity index (χ1) is 18.7. The second-order valence-electron chi connectivity index (χ2n) is 12.2. The van der Waals surface area contributed by atoms with Gasteiger partial charge in [0, 0.05) is 37.5 Å². The van der Waals surface area contributed by atoms with Gasteiger partial charge in [0.2, 0.25) is 11.8 Å². The molecular formula is C31H37ClN2O5. The van der Waals surface area contributed by atoms with E-state index < -0.39 is 29.6 Å². The number of likely N-dealkylation sites (tertiary alicyclic amines) is 2. The minimum Gasteiger partial charge on any atom is -0.508 e. The van der Waals surface area contributed by atoms with Crippen molar-refractivity contribution in [3.8, 4) is 5.75 Å². The minimum atomic E-state index is -1.52. The number of piperidine rings is 1. The zero-order chi connectivity index (χ0) is 27.5. The van der Waals surface area contributed by atoms with Crippen molar-refractivity contribution < 1.29 is 24.5 Å². The van der Waals surface area contributed by atoms with Gasteiger partial charge in [-0.1, -0.05) is 61.8 Å². The van der Waals surface area contributed by atoms with E-state index in [1.54, 1.807) is 17.0 Å². The molecule has 0 aromatic heterocycles. The zero-order valence-corrected chi connectivity index (χ0v) is 23.3. The lowest BCUT2D eigenvalue weighted by Gasteiger charge is -2.46. The molecule has 0 unspecified atom stereocenters. The maximum absolute atomic E-state index is 14.0. The normalized spacial score (nSPS) is 33.6. The van der Waals surface area contributed by atoms with Crippen LogP contribution in [0.4, 0.5) is 0 Å². The van der Waals surface area contributed by atoms with Crippen LogP contribution < -0.4 is 0 Å². The van der Waals surface area contributed by atoms with E-state index in [1.165, 1.54) is 11.6 Å². The monoisotopic (exact) mass is 552 g/mol. The Balaban J connectivity index is 1.23. The molecule has 6 atom stereocenters. The Labute approximate surface area is 234 Å². The van der Waals surface area contributed by atoms with Crippen LogP contribution in [0.5, 0.6) is 5.75 Å². The molecule has 3 heterocycles. The molecule has 0 radical (unpaired) electrons. The number of ether oxygens (including phenoxy) is 1. The summed E-state index contributed by atoms with van der Waals surface area (Å²) in [6, 6.07) is 15.0. The van der Waals surface area contributed by atoms with Crippen LogP contribution in [0.25, 0.3) is 0 Å². The van der Waals surface area contributed by atoms with Gasteiger partial charge in [0.15, 0.2) is 5.79 Å². The fraction of sp³-hybridized carbons (Fsp3) is 0.548. The highest BCUT2D eigenvalue weighted by molar-refractivity contribution is 6.31. The Kier molecular flexibility index (Phi) is 6.99. The number of rotatable bonds is 5. The summed E-state index contributed by atoms with van der Waals surface area (Å²) in [7, 11) is 0. The molecule has 8 heteroatoms. The van der Waals surface area contributed by atoms with Crippen molar-refractivity contribution in [1.29, 1.82) is 0 Å². The van der Waals surface area contributed by atoms with E-state index in [0.29, 0.717) is 23.4 Å². The second kappa shape index (κ2) is 10.2. The number of hydrogen-bond acceptors (Lipinski definition) is 6. The lowest BCUT2D eigenvalue weighted by molar-refractivity contribution is -0.276. The van der Waals surface area contributed by atoms with Crippen molar-refractivity contribution in [3.63, 3.8) is 0 Å². The summed E-state index contributed by atoms with van der Waals surface area (Å²) in [5.74, 6) is -3.45. The van der Waals surface area contributed by atoms with Gasteiger partial charge in [-0.2, -0.15) is 0 Å². The Morgan fingerprint density at radius 2 is 1.77 bits per heavy atom. The molecule has 6 rings (SSSR count). The Hall–Kier alpha value is -2.45. The second-order valence-corrected chi connectivity index (χ2v) is 12.6. The van der Waals surface area contributed by atoms with E-state index in [2.05, 4.69) is 17.0 Å². The molecule has 2 aromatic carbocycles. The molecule has 208 valence electrons. The molecule has 2 amide bonds. The number of fused-ring (bicyclic) bond motifs is 3. The number of benzene rings is 2. The van der Waals surface area contributed by atoms with Gasteiger partial charge < -0.3 is 14.9 Å². The molecule has 7 nitrogen and oxygen atoms in total. The van der Waals surface area contributed by atoms with Crippen molar-refractivity contribution in [2.75, 3.05) is 13.1 Å². The van der Waals surface area contributed by atoms with Crippen molar-refractivity contribution in [3.05, 3.63) is 64.7 Å². The third-order valence-corrected chi connectivity index (χ3v) is 9.95. The maximum atomic E-state index is 14.0. The summed E-state index contributed by atoms with van der Waals surface area (Å²) in [4.78, 5) is 31.8. The lowest BCUT2D eigenvalue weighted by Crippen LogP contribution is -2.55. The van der Waals surface area contributed by atoms with E-state index in [1.807, 2.05) is 32.0 Å². The molecule has 39 heavy (non-hydrogen) atoms. The van der Waals surface area contributed by atoms with Gasteiger partial charge in [-0.25, -0.2) is 0 Å². The van der Waals surface area contributed by atoms with Crippen LogP contribution in [-0.2, 0) is 20.9 Å². The number of aromatic hydroxyl groups is 1. The first-order valence-corrected chi connectivity index (χ1v) is 14.6. The smallest absolute Gasteiger partial charge is 0.233 e. The standard InChI is InChI=1S/C31H37ClN2O5/c1-18(2)24-15-23-28(25-16-27(39-31(24,25)38)22-9-8-21(35)14-26(22)32)30(37)34(29(23)36)20-10-12-33(13-11-20)17-19-6-4-3-5-7-19/h3-9,14,18,20,23-25,27-28,35,38H,10-13,15-17H2,1-2H3/t23-,24+,25-,27-,28-,31+/m0/s1. The fourth-order valence-electron chi connectivity index (χ4n) is 7.70.